The van der Waals surface area contributed by atoms with Crippen LogP contribution in [0.1, 0.15) is 19.3 Å². The summed E-state index contributed by atoms with van der Waals surface area (Å²) >= 11 is 7.47. The molecule has 0 bridgehead atoms. The van der Waals surface area contributed by atoms with E-state index in [0.29, 0.717) is 6.10 Å². The van der Waals surface area contributed by atoms with E-state index in [1.807, 2.05) is 11.8 Å². The normalized spacial score (nSPS) is 24.3. The molecule has 1 nitrogen and oxygen atoms in total. The fourth-order valence-electron chi connectivity index (χ4n) is 1.24. The van der Waals surface area contributed by atoms with E-state index in [1.54, 1.807) is 0 Å². The fourth-order valence-corrected chi connectivity index (χ4v) is 2.31. The molecule has 0 aromatic carbocycles. The lowest BCUT2D eigenvalue weighted by Gasteiger charge is -2.07. The monoisotopic (exact) mass is 194 g/mol. The minimum absolute atomic E-state index is 0.554. The minimum Gasteiger partial charge on any atom is -0.378 e. The summed E-state index contributed by atoms with van der Waals surface area (Å²) < 4.78 is 5.49. The van der Waals surface area contributed by atoms with E-state index in [0.717, 1.165) is 18.2 Å². The zero-order chi connectivity index (χ0) is 7.94. The highest BCUT2D eigenvalue weighted by atomic mass is 35.5. The van der Waals surface area contributed by atoms with Crippen LogP contribution < -0.4 is 0 Å². The predicted octanol–water partition coefficient (Wildman–Crippen LogP) is 2.53. The second-order valence-corrected chi connectivity index (χ2v) is 4.33. The van der Waals surface area contributed by atoms with Crippen molar-refractivity contribution in [2.45, 2.75) is 25.4 Å². The topological polar surface area (TPSA) is 9.23 Å². The Balaban J connectivity index is 1.86. The van der Waals surface area contributed by atoms with E-state index in [2.05, 4.69) is 0 Å². The van der Waals surface area contributed by atoms with Crippen LogP contribution in [-0.4, -0.2) is 30.1 Å². The standard InChI is InChI=1S/C8H15ClOS/c9-4-7-11-6-3-8-2-1-5-10-8/h8H,1-7H2. The summed E-state index contributed by atoms with van der Waals surface area (Å²) in [6, 6.07) is 0. The van der Waals surface area contributed by atoms with Crippen molar-refractivity contribution in [2.75, 3.05) is 24.0 Å². The van der Waals surface area contributed by atoms with Gasteiger partial charge in [0.25, 0.3) is 0 Å². The maximum absolute atomic E-state index is 5.54. The molecule has 0 aromatic heterocycles. The molecule has 1 saturated heterocycles. The third-order valence-electron chi connectivity index (χ3n) is 1.83. The van der Waals surface area contributed by atoms with Crippen LogP contribution in [0.3, 0.4) is 0 Å². The van der Waals surface area contributed by atoms with Crippen LogP contribution >= 0.6 is 23.4 Å². The molecule has 3 heteroatoms. The Morgan fingerprint density at radius 1 is 1.45 bits per heavy atom. The number of ether oxygens (including phenoxy) is 1. The van der Waals surface area contributed by atoms with Crippen LogP contribution in [0.2, 0.25) is 0 Å². The molecule has 0 radical (unpaired) electrons. The maximum atomic E-state index is 5.54. The van der Waals surface area contributed by atoms with Crippen LogP contribution in [0.15, 0.2) is 0 Å². The Bertz CT molecular complexity index is 94.1. The van der Waals surface area contributed by atoms with Crippen molar-refractivity contribution in [3.05, 3.63) is 0 Å². The zero-order valence-electron chi connectivity index (χ0n) is 6.72. The number of thioether (sulfide) groups is 1. The lowest BCUT2D eigenvalue weighted by Crippen LogP contribution is -2.05. The van der Waals surface area contributed by atoms with E-state index >= 15 is 0 Å². The molecule has 0 saturated carbocycles. The van der Waals surface area contributed by atoms with Gasteiger partial charge in [0.15, 0.2) is 0 Å². The molecule has 66 valence electrons. The molecule has 1 aliphatic rings. The predicted molar refractivity (Wildman–Crippen MR) is 51.6 cm³/mol. The van der Waals surface area contributed by atoms with Gasteiger partial charge in [0.1, 0.15) is 0 Å². The molecule has 1 rings (SSSR count). The summed E-state index contributed by atoms with van der Waals surface area (Å²) in [5.74, 6) is 3.06. The first-order valence-corrected chi connectivity index (χ1v) is 5.87. The largest absolute Gasteiger partial charge is 0.378 e. The van der Waals surface area contributed by atoms with E-state index in [4.69, 9.17) is 16.3 Å². The Labute approximate surface area is 77.8 Å². The molecular weight excluding hydrogens is 180 g/mol. The Morgan fingerprint density at radius 3 is 3.00 bits per heavy atom. The second kappa shape index (κ2) is 6.15. The first-order chi connectivity index (χ1) is 5.43. The zero-order valence-corrected chi connectivity index (χ0v) is 8.29. The summed E-state index contributed by atoms with van der Waals surface area (Å²) in [5.41, 5.74) is 0. The van der Waals surface area contributed by atoms with Gasteiger partial charge in [-0.1, -0.05) is 0 Å². The molecule has 1 fully saturated rings. The van der Waals surface area contributed by atoms with Crippen molar-refractivity contribution >= 4 is 23.4 Å². The van der Waals surface area contributed by atoms with Gasteiger partial charge in [0.05, 0.1) is 6.10 Å². The number of alkyl halides is 1. The third-order valence-corrected chi connectivity index (χ3v) is 3.26. The number of hydrogen-bond acceptors (Lipinski definition) is 2. The molecule has 1 unspecified atom stereocenters. The van der Waals surface area contributed by atoms with Crippen LogP contribution in [0.5, 0.6) is 0 Å². The molecule has 0 aromatic rings. The Morgan fingerprint density at radius 2 is 2.36 bits per heavy atom. The quantitative estimate of drug-likeness (QED) is 0.492. The molecule has 0 aliphatic carbocycles. The highest BCUT2D eigenvalue weighted by Crippen LogP contribution is 2.17. The summed E-state index contributed by atoms with van der Waals surface area (Å²) in [4.78, 5) is 0. The second-order valence-electron chi connectivity index (χ2n) is 2.73. The SMILES string of the molecule is ClCCSCCC1CCCO1. The number of rotatable bonds is 5. The Hall–Kier alpha value is 0.600. The van der Waals surface area contributed by atoms with Gasteiger partial charge in [-0.05, 0) is 25.0 Å². The van der Waals surface area contributed by atoms with Crippen molar-refractivity contribution in [1.82, 2.24) is 0 Å². The third kappa shape index (κ3) is 4.24. The molecule has 0 spiro atoms. The summed E-state index contributed by atoms with van der Waals surface area (Å²) in [7, 11) is 0. The molecule has 0 amide bonds. The van der Waals surface area contributed by atoms with Gasteiger partial charge >= 0.3 is 0 Å². The summed E-state index contributed by atoms with van der Waals surface area (Å²) in [6.07, 6.45) is 4.28. The van der Waals surface area contributed by atoms with Crippen molar-refractivity contribution in [3.63, 3.8) is 0 Å². The van der Waals surface area contributed by atoms with E-state index in [9.17, 15) is 0 Å². The lowest BCUT2D eigenvalue weighted by atomic mass is 10.2. The summed E-state index contributed by atoms with van der Waals surface area (Å²) in [5, 5.41) is 0. The highest BCUT2D eigenvalue weighted by molar-refractivity contribution is 7.99. The molecule has 1 heterocycles. The average molecular weight is 195 g/mol. The molecular formula is C8H15ClOS. The molecule has 0 N–H and O–H groups in total. The van der Waals surface area contributed by atoms with Crippen molar-refractivity contribution in [2.24, 2.45) is 0 Å². The van der Waals surface area contributed by atoms with Crippen LogP contribution in [0.4, 0.5) is 0 Å². The maximum Gasteiger partial charge on any atom is 0.0583 e. The minimum atomic E-state index is 0.554. The fraction of sp³-hybridized carbons (Fsp3) is 1.00. The summed E-state index contributed by atoms with van der Waals surface area (Å²) in [6.45, 7) is 0.977. The molecule has 1 atom stereocenters. The van der Waals surface area contributed by atoms with Gasteiger partial charge in [-0.15, -0.1) is 11.6 Å². The van der Waals surface area contributed by atoms with E-state index in [1.165, 1.54) is 25.0 Å². The van der Waals surface area contributed by atoms with E-state index in [-0.39, 0.29) is 0 Å². The average Bonchev–Trinajstić information content (AvgIpc) is 2.50. The van der Waals surface area contributed by atoms with Crippen molar-refractivity contribution in [1.29, 1.82) is 0 Å². The molecule has 11 heavy (non-hydrogen) atoms. The van der Waals surface area contributed by atoms with Crippen LogP contribution in [0.25, 0.3) is 0 Å². The first-order valence-electron chi connectivity index (χ1n) is 4.19. The number of hydrogen-bond donors (Lipinski definition) is 0. The smallest absolute Gasteiger partial charge is 0.0583 e. The van der Waals surface area contributed by atoms with Gasteiger partial charge in [-0.3, -0.25) is 0 Å². The first kappa shape index (κ1) is 9.69. The van der Waals surface area contributed by atoms with Crippen LogP contribution in [0, 0.1) is 0 Å². The van der Waals surface area contributed by atoms with Gasteiger partial charge in [0, 0.05) is 18.2 Å². The van der Waals surface area contributed by atoms with Gasteiger partial charge in [-0.25, -0.2) is 0 Å². The van der Waals surface area contributed by atoms with Gasteiger partial charge in [-0.2, -0.15) is 11.8 Å². The van der Waals surface area contributed by atoms with Gasteiger partial charge < -0.3 is 4.74 Å². The van der Waals surface area contributed by atoms with Crippen molar-refractivity contribution < 1.29 is 4.74 Å². The number of halogens is 1. The molecule has 1 aliphatic heterocycles. The highest BCUT2D eigenvalue weighted by Gasteiger charge is 2.14. The van der Waals surface area contributed by atoms with Crippen molar-refractivity contribution in [3.8, 4) is 0 Å². The Kier molecular flexibility index (Phi) is 5.42. The van der Waals surface area contributed by atoms with Gasteiger partial charge in [0.2, 0.25) is 0 Å². The van der Waals surface area contributed by atoms with Crippen LogP contribution in [-0.2, 0) is 4.74 Å². The van der Waals surface area contributed by atoms with E-state index < -0.39 is 0 Å². The lowest BCUT2D eigenvalue weighted by molar-refractivity contribution is 0.109.